The molecule has 0 heterocycles. The van der Waals surface area contributed by atoms with Gasteiger partial charge in [0.15, 0.2) is 0 Å². The van der Waals surface area contributed by atoms with Crippen LogP contribution < -0.4 is 5.32 Å². The molecule has 17 heavy (non-hydrogen) atoms. The fourth-order valence-corrected chi connectivity index (χ4v) is 2.28. The van der Waals surface area contributed by atoms with E-state index in [1.165, 1.54) is 28.4 Å². The Morgan fingerprint density at radius 2 is 1.82 bits per heavy atom. The second-order valence-electron chi connectivity index (χ2n) is 4.81. The van der Waals surface area contributed by atoms with E-state index >= 15 is 0 Å². The molecule has 1 nitrogen and oxygen atoms in total. The summed E-state index contributed by atoms with van der Waals surface area (Å²) in [4.78, 5) is 0. The number of nitrogens with one attached hydrogen (secondary N) is 1. The van der Waals surface area contributed by atoms with Gasteiger partial charge in [-0.2, -0.15) is 0 Å². The summed E-state index contributed by atoms with van der Waals surface area (Å²) < 4.78 is 1.31. The van der Waals surface area contributed by atoms with Crippen molar-refractivity contribution in [3.8, 4) is 0 Å². The van der Waals surface area contributed by atoms with Crippen molar-refractivity contribution in [3.05, 3.63) is 33.4 Å². The van der Waals surface area contributed by atoms with Gasteiger partial charge < -0.3 is 5.32 Å². The number of rotatable bonds is 7. The van der Waals surface area contributed by atoms with Gasteiger partial charge >= 0.3 is 0 Å². The molecule has 0 aliphatic heterocycles. The van der Waals surface area contributed by atoms with Crippen molar-refractivity contribution in [3.63, 3.8) is 0 Å². The quantitative estimate of drug-likeness (QED) is 0.702. The van der Waals surface area contributed by atoms with Gasteiger partial charge in [-0.25, -0.2) is 0 Å². The van der Waals surface area contributed by atoms with Crippen LogP contribution in [0.25, 0.3) is 0 Å². The molecule has 0 saturated carbocycles. The SMILES string of the molecule is CCCNC(CC(C)CC)c1ccc(I)cc1. The van der Waals surface area contributed by atoms with Gasteiger partial charge in [-0.1, -0.05) is 39.3 Å². The maximum atomic E-state index is 3.67. The molecule has 0 spiro atoms. The molecular formula is C15H24IN. The Balaban J connectivity index is 2.70. The predicted octanol–water partition coefficient (Wildman–Crippen LogP) is 4.77. The van der Waals surface area contributed by atoms with Gasteiger partial charge in [-0.05, 0) is 65.6 Å². The van der Waals surface area contributed by atoms with Crippen LogP contribution in [0.1, 0.15) is 51.6 Å². The third kappa shape index (κ3) is 5.38. The fraction of sp³-hybridized carbons (Fsp3) is 0.600. The average Bonchev–Trinajstić information content (AvgIpc) is 2.35. The molecule has 2 heteroatoms. The number of benzene rings is 1. The number of hydrogen-bond acceptors (Lipinski definition) is 1. The second kappa shape index (κ2) is 8.09. The Bertz CT molecular complexity index is 307. The maximum Gasteiger partial charge on any atom is 0.0322 e. The average molecular weight is 345 g/mol. The van der Waals surface area contributed by atoms with E-state index in [9.17, 15) is 0 Å². The molecule has 1 aromatic rings. The van der Waals surface area contributed by atoms with Crippen molar-refractivity contribution in [2.45, 2.75) is 46.1 Å². The molecule has 0 bridgehead atoms. The van der Waals surface area contributed by atoms with Crippen LogP contribution in [0, 0.1) is 9.49 Å². The van der Waals surface area contributed by atoms with Gasteiger partial charge in [0, 0.05) is 9.61 Å². The molecular weight excluding hydrogens is 321 g/mol. The first-order chi connectivity index (χ1) is 8.17. The van der Waals surface area contributed by atoms with Gasteiger partial charge in [0.1, 0.15) is 0 Å². The Morgan fingerprint density at radius 3 is 2.35 bits per heavy atom. The van der Waals surface area contributed by atoms with Crippen molar-refractivity contribution < 1.29 is 0 Å². The van der Waals surface area contributed by atoms with E-state index in [0.29, 0.717) is 6.04 Å². The minimum Gasteiger partial charge on any atom is -0.310 e. The van der Waals surface area contributed by atoms with Gasteiger partial charge in [-0.3, -0.25) is 0 Å². The Labute approximate surface area is 120 Å². The molecule has 0 radical (unpaired) electrons. The Hall–Kier alpha value is -0.0900. The van der Waals surface area contributed by atoms with Gasteiger partial charge in [0.2, 0.25) is 0 Å². The lowest BCUT2D eigenvalue weighted by Crippen LogP contribution is -2.24. The van der Waals surface area contributed by atoms with E-state index in [4.69, 9.17) is 0 Å². The summed E-state index contributed by atoms with van der Waals surface area (Å²) in [6.07, 6.45) is 3.69. The van der Waals surface area contributed by atoms with Crippen LogP contribution in [-0.2, 0) is 0 Å². The summed E-state index contributed by atoms with van der Waals surface area (Å²) in [5.74, 6) is 0.781. The standard InChI is InChI=1S/C15H24IN/c1-4-10-17-15(11-12(3)5-2)13-6-8-14(16)9-7-13/h6-9,12,15,17H,4-5,10-11H2,1-3H3. The molecule has 0 aliphatic rings. The van der Waals surface area contributed by atoms with Crippen LogP contribution in [0.4, 0.5) is 0 Å². The summed E-state index contributed by atoms with van der Waals surface area (Å²) in [5, 5.41) is 3.67. The van der Waals surface area contributed by atoms with Crippen LogP contribution in [0.15, 0.2) is 24.3 Å². The van der Waals surface area contributed by atoms with E-state index in [-0.39, 0.29) is 0 Å². The molecule has 2 unspecified atom stereocenters. The Kier molecular flexibility index (Phi) is 7.12. The zero-order valence-corrected chi connectivity index (χ0v) is 13.3. The van der Waals surface area contributed by atoms with Crippen molar-refractivity contribution in [1.29, 1.82) is 0 Å². The summed E-state index contributed by atoms with van der Waals surface area (Å²) in [6.45, 7) is 7.94. The van der Waals surface area contributed by atoms with Crippen LogP contribution in [0.2, 0.25) is 0 Å². The summed E-state index contributed by atoms with van der Waals surface area (Å²) in [7, 11) is 0. The normalized spacial score (nSPS) is 14.6. The number of hydrogen-bond donors (Lipinski definition) is 1. The summed E-state index contributed by atoms with van der Waals surface area (Å²) >= 11 is 2.36. The molecule has 96 valence electrons. The lowest BCUT2D eigenvalue weighted by atomic mass is 9.94. The lowest BCUT2D eigenvalue weighted by molar-refractivity contribution is 0.402. The first-order valence-corrected chi connectivity index (χ1v) is 7.74. The molecule has 1 aromatic carbocycles. The van der Waals surface area contributed by atoms with E-state index in [2.05, 4.69) is 72.9 Å². The third-order valence-corrected chi connectivity index (χ3v) is 3.97. The van der Waals surface area contributed by atoms with Crippen LogP contribution >= 0.6 is 22.6 Å². The van der Waals surface area contributed by atoms with Gasteiger partial charge in [0.05, 0.1) is 0 Å². The fourth-order valence-electron chi connectivity index (χ4n) is 1.92. The molecule has 1 rings (SSSR count). The van der Waals surface area contributed by atoms with Crippen LogP contribution in [0.3, 0.4) is 0 Å². The van der Waals surface area contributed by atoms with E-state index in [0.717, 1.165) is 12.5 Å². The van der Waals surface area contributed by atoms with Crippen molar-refractivity contribution in [2.24, 2.45) is 5.92 Å². The first-order valence-electron chi connectivity index (χ1n) is 6.66. The Morgan fingerprint density at radius 1 is 1.18 bits per heavy atom. The zero-order chi connectivity index (χ0) is 12.7. The highest BCUT2D eigenvalue weighted by molar-refractivity contribution is 14.1. The monoisotopic (exact) mass is 345 g/mol. The molecule has 1 N–H and O–H groups in total. The van der Waals surface area contributed by atoms with Crippen molar-refractivity contribution in [1.82, 2.24) is 5.32 Å². The largest absolute Gasteiger partial charge is 0.310 e. The smallest absolute Gasteiger partial charge is 0.0322 e. The zero-order valence-electron chi connectivity index (χ0n) is 11.2. The highest BCUT2D eigenvalue weighted by Gasteiger charge is 2.13. The van der Waals surface area contributed by atoms with Gasteiger partial charge in [0.25, 0.3) is 0 Å². The lowest BCUT2D eigenvalue weighted by Gasteiger charge is -2.22. The topological polar surface area (TPSA) is 12.0 Å². The molecule has 0 saturated heterocycles. The van der Waals surface area contributed by atoms with E-state index < -0.39 is 0 Å². The molecule has 0 fully saturated rings. The highest BCUT2D eigenvalue weighted by Crippen LogP contribution is 2.23. The number of halogens is 1. The first kappa shape index (κ1) is 15.0. The summed E-state index contributed by atoms with van der Waals surface area (Å²) in [5.41, 5.74) is 1.43. The molecule has 0 amide bonds. The van der Waals surface area contributed by atoms with Crippen molar-refractivity contribution in [2.75, 3.05) is 6.54 Å². The third-order valence-electron chi connectivity index (χ3n) is 3.25. The highest BCUT2D eigenvalue weighted by atomic mass is 127. The second-order valence-corrected chi connectivity index (χ2v) is 6.05. The molecule has 0 aliphatic carbocycles. The van der Waals surface area contributed by atoms with Crippen LogP contribution in [0.5, 0.6) is 0 Å². The molecule has 2 atom stereocenters. The summed E-state index contributed by atoms with van der Waals surface area (Å²) in [6, 6.07) is 9.44. The minimum absolute atomic E-state index is 0.516. The maximum absolute atomic E-state index is 3.67. The van der Waals surface area contributed by atoms with Gasteiger partial charge in [-0.15, -0.1) is 0 Å². The van der Waals surface area contributed by atoms with E-state index in [1.54, 1.807) is 0 Å². The van der Waals surface area contributed by atoms with E-state index in [1.807, 2.05) is 0 Å². The van der Waals surface area contributed by atoms with Crippen LogP contribution in [-0.4, -0.2) is 6.54 Å². The minimum atomic E-state index is 0.516. The molecule has 0 aromatic heterocycles. The predicted molar refractivity (Wildman–Crippen MR) is 84.3 cm³/mol. The van der Waals surface area contributed by atoms with Crippen molar-refractivity contribution >= 4 is 22.6 Å².